The van der Waals surface area contributed by atoms with Crippen molar-refractivity contribution in [3.05, 3.63) is 29.8 Å². The van der Waals surface area contributed by atoms with E-state index >= 15 is 0 Å². The minimum atomic E-state index is 0.0452. The van der Waals surface area contributed by atoms with Crippen LogP contribution in [-0.4, -0.2) is 38.2 Å². The van der Waals surface area contributed by atoms with Crippen LogP contribution < -0.4 is 10.1 Å². The molecule has 0 spiro atoms. The highest BCUT2D eigenvalue weighted by atomic mass is 16.5. The lowest BCUT2D eigenvalue weighted by molar-refractivity contribution is 0.151. The summed E-state index contributed by atoms with van der Waals surface area (Å²) >= 11 is 0. The Bertz CT molecular complexity index is 394. The summed E-state index contributed by atoms with van der Waals surface area (Å²) in [6, 6.07) is 8.49. The maximum absolute atomic E-state index is 5.61. The molecule has 1 aromatic rings. The Labute approximate surface area is 110 Å². The molecule has 1 aromatic carbocycles. The van der Waals surface area contributed by atoms with Gasteiger partial charge >= 0.3 is 0 Å². The van der Waals surface area contributed by atoms with Crippen LogP contribution in [0.2, 0.25) is 0 Å². The minimum Gasteiger partial charge on any atom is -0.494 e. The first kappa shape index (κ1) is 13.4. The van der Waals surface area contributed by atoms with Gasteiger partial charge < -0.3 is 10.1 Å². The van der Waals surface area contributed by atoms with Gasteiger partial charge in [-0.25, -0.2) is 0 Å². The summed E-state index contributed by atoms with van der Waals surface area (Å²) in [5.41, 5.74) is 1.37. The van der Waals surface area contributed by atoms with Gasteiger partial charge in [0.25, 0.3) is 0 Å². The maximum Gasteiger partial charge on any atom is 0.119 e. The average Bonchev–Trinajstić information content (AvgIpc) is 2.54. The summed E-state index contributed by atoms with van der Waals surface area (Å²) in [5.74, 6) is 0.967. The smallest absolute Gasteiger partial charge is 0.119 e. The van der Waals surface area contributed by atoms with Crippen molar-refractivity contribution in [2.24, 2.45) is 0 Å². The quantitative estimate of drug-likeness (QED) is 0.887. The molecule has 0 saturated carbocycles. The molecule has 18 heavy (non-hydrogen) atoms. The van der Waals surface area contributed by atoms with E-state index in [1.54, 1.807) is 0 Å². The van der Waals surface area contributed by atoms with Gasteiger partial charge in [0.15, 0.2) is 0 Å². The number of rotatable bonds is 3. The van der Waals surface area contributed by atoms with Crippen LogP contribution in [0.5, 0.6) is 5.75 Å². The van der Waals surface area contributed by atoms with Gasteiger partial charge in [0.1, 0.15) is 5.75 Å². The van der Waals surface area contributed by atoms with Crippen LogP contribution >= 0.6 is 0 Å². The van der Waals surface area contributed by atoms with Crippen molar-refractivity contribution >= 4 is 0 Å². The largest absolute Gasteiger partial charge is 0.494 e. The zero-order chi connectivity index (χ0) is 13.0. The van der Waals surface area contributed by atoms with Crippen LogP contribution in [-0.2, 0) is 5.54 Å². The van der Waals surface area contributed by atoms with E-state index in [0.29, 0.717) is 6.61 Å². The van der Waals surface area contributed by atoms with Crippen LogP contribution in [0.15, 0.2) is 24.3 Å². The predicted octanol–water partition coefficient (Wildman–Crippen LogP) is 2.23. The number of ether oxygens (including phenoxy) is 1. The van der Waals surface area contributed by atoms with Crippen LogP contribution in [0, 0.1) is 0 Å². The summed E-state index contributed by atoms with van der Waals surface area (Å²) in [6.07, 6.45) is 1.21. The number of benzene rings is 1. The normalized spacial score (nSPS) is 25.7. The van der Waals surface area contributed by atoms with E-state index in [2.05, 4.69) is 42.4 Å². The highest BCUT2D eigenvalue weighted by molar-refractivity contribution is 5.33. The third-order valence-electron chi connectivity index (χ3n) is 3.93. The van der Waals surface area contributed by atoms with E-state index < -0.39 is 0 Å². The molecule has 0 amide bonds. The Kier molecular flexibility index (Phi) is 4.25. The molecule has 2 rings (SSSR count). The maximum atomic E-state index is 5.61. The Morgan fingerprint density at radius 3 is 3.06 bits per heavy atom. The molecule has 1 aliphatic rings. The fraction of sp³-hybridized carbons (Fsp3) is 0.600. The van der Waals surface area contributed by atoms with Gasteiger partial charge in [-0.1, -0.05) is 12.1 Å². The van der Waals surface area contributed by atoms with Crippen LogP contribution in [0.3, 0.4) is 0 Å². The van der Waals surface area contributed by atoms with E-state index in [4.69, 9.17) is 4.74 Å². The molecule has 0 radical (unpaired) electrons. The van der Waals surface area contributed by atoms with Crippen LogP contribution in [0.25, 0.3) is 0 Å². The molecule has 1 unspecified atom stereocenters. The zero-order valence-corrected chi connectivity index (χ0v) is 11.7. The van der Waals surface area contributed by atoms with Crippen molar-refractivity contribution in [1.29, 1.82) is 0 Å². The average molecular weight is 248 g/mol. The Morgan fingerprint density at radius 1 is 1.44 bits per heavy atom. The van der Waals surface area contributed by atoms with Crippen molar-refractivity contribution < 1.29 is 4.74 Å². The summed E-state index contributed by atoms with van der Waals surface area (Å²) < 4.78 is 5.61. The number of nitrogens with one attached hydrogen (secondary N) is 1. The Hall–Kier alpha value is -1.06. The standard InChI is InChI=1S/C15H24N2O/c1-4-18-14-8-5-7-13(11-14)15(2)12-16-9-6-10-17(15)3/h5,7-8,11,16H,4,6,9-10,12H2,1-3H3. The minimum absolute atomic E-state index is 0.0452. The molecule has 1 heterocycles. The van der Waals surface area contributed by atoms with Crippen molar-refractivity contribution in [3.63, 3.8) is 0 Å². The van der Waals surface area contributed by atoms with E-state index in [-0.39, 0.29) is 5.54 Å². The van der Waals surface area contributed by atoms with Gasteiger partial charge in [0.05, 0.1) is 12.1 Å². The first-order valence-electron chi connectivity index (χ1n) is 6.82. The van der Waals surface area contributed by atoms with Crippen LogP contribution in [0.4, 0.5) is 0 Å². The molecule has 1 N–H and O–H groups in total. The molecule has 1 fully saturated rings. The highest BCUT2D eigenvalue weighted by Crippen LogP contribution is 2.30. The first-order chi connectivity index (χ1) is 8.66. The molecule has 0 bridgehead atoms. The zero-order valence-electron chi connectivity index (χ0n) is 11.7. The van der Waals surface area contributed by atoms with Gasteiger partial charge in [0.2, 0.25) is 0 Å². The second-order valence-corrected chi connectivity index (χ2v) is 5.19. The lowest BCUT2D eigenvalue weighted by Crippen LogP contribution is -2.46. The third-order valence-corrected chi connectivity index (χ3v) is 3.93. The summed E-state index contributed by atoms with van der Waals surface area (Å²) in [7, 11) is 2.21. The topological polar surface area (TPSA) is 24.5 Å². The molecular formula is C15H24N2O. The second kappa shape index (κ2) is 5.72. The lowest BCUT2D eigenvalue weighted by atomic mass is 9.90. The van der Waals surface area contributed by atoms with Gasteiger partial charge in [-0.2, -0.15) is 0 Å². The van der Waals surface area contributed by atoms with E-state index in [1.165, 1.54) is 12.0 Å². The molecule has 1 atom stereocenters. The number of nitrogens with zero attached hydrogens (tertiary/aromatic N) is 1. The van der Waals surface area contributed by atoms with E-state index in [1.807, 2.05) is 13.0 Å². The third kappa shape index (κ3) is 2.68. The summed E-state index contributed by atoms with van der Waals surface area (Å²) in [6.45, 7) is 8.25. The molecule has 100 valence electrons. The molecular weight excluding hydrogens is 224 g/mol. The highest BCUT2D eigenvalue weighted by Gasteiger charge is 2.32. The Balaban J connectivity index is 2.29. The molecule has 3 heteroatoms. The Morgan fingerprint density at radius 2 is 2.28 bits per heavy atom. The fourth-order valence-corrected chi connectivity index (χ4v) is 2.56. The molecule has 1 aliphatic heterocycles. The summed E-state index contributed by atoms with van der Waals surface area (Å²) in [4.78, 5) is 2.44. The lowest BCUT2D eigenvalue weighted by Gasteiger charge is -2.38. The van der Waals surface area contributed by atoms with Crippen molar-refractivity contribution in [2.45, 2.75) is 25.8 Å². The van der Waals surface area contributed by atoms with Crippen molar-refractivity contribution in [3.8, 4) is 5.75 Å². The van der Waals surface area contributed by atoms with Gasteiger partial charge in [-0.15, -0.1) is 0 Å². The van der Waals surface area contributed by atoms with Crippen LogP contribution in [0.1, 0.15) is 25.8 Å². The van der Waals surface area contributed by atoms with E-state index in [0.717, 1.165) is 25.4 Å². The molecule has 0 aromatic heterocycles. The monoisotopic (exact) mass is 248 g/mol. The second-order valence-electron chi connectivity index (χ2n) is 5.19. The fourth-order valence-electron chi connectivity index (χ4n) is 2.56. The van der Waals surface area contributed by atoms with Gasteiger partial charge in [0, 0.05) is 6.54 Å². The summed E-state index contributed by atoms with van der Waals surface area (Å²) in [5, 5.41) is 3.54. The number of likely N-dealkylation sites (N-methyl/N-ethyl adjacent to an activating group) is 1. The molecule has 0 aliphatic carbocycles. The number of hydrogen-bond donors (Lipinski definition) is 1. The van der Waals surface area contributed by atoms with Crippen molar-refractivity contribution in [1.82, 2.24) is 10.2 Å². The van der Waals surface area contributed by atoms with E-state index in [9.17, 15) is 0 Å². The van der Waals surface area contributed by atoms with Gasteiger partial charge in [-0.05, 0) is 58.1 Å². The van der Waals surface area contributed by atoms with Crippen molar-refractivity contribution in [2.75, 3.05) is 33.3 Å². The number of hydrogen-bond acceptors (Lipinski definition) is 3. The predicted molar refractivity (Wildman–Crippen MR) is 75.1 cm³/mol. The molecule has 3 nitrogen and oxygen atoms in total. The molecule has 1 saturated heterocycles. The SMILES string of the molecule is CCOc1cccc(C2(C)CNCCCN2C)c1. The van der Waals surface area contributed by atoms with Gasteiger partial charge in [-0.3, -0.25) is 4.90 Å². The first-order valence-corrected chi connectivity index (χ1v) is 6.82.